The number of rotatable bonds is 5. The summed E-state index contributed by atoms with van der Waals surface area (Å²) in [6.45, 7) is 0. The first-order valence-corrected chi connectivity index (χ1v) is 10.5. The van der Waals surface area contributed by atoms with E-state index in [1.807, 2.05) is 0 Å². The first kappa shape index (κ1) is 15.3. The lowest BCUT2D eigenvalue weighted by molar-refractivity contribution is 0.484. The highest BCUT2D eigenvalue weighted by molar-refractivity contribution is 8.82. The van der Waals surface area contributed by atoms with E-state index in [0.717, 1.165) is 0 Å². The predicted octanol–water partition coefficient (Wildman–Crippen LogP) is 0.593. The van der Waals surface area contributed by atoms with Crippen LogP contribution in [0.1, 0.15) is 5.69 Å². The number of hydrogen-bond donors (Lipinski definition) is 2. The van der Waals surface area contributed by atoms with Gasteiger partial charge in [0.25, 0.3) is 0 Å². The highest BCUT2D eigenvalue weighted by atomic mass is 33.1. The Morgan fingerprint density at radius 1 is 1.11 bits per heavy atom. The SMILES string of the molecule is O=P(CCc1ccccn1)(S(=O)(=O)O)S(=O)(=O)O. The Morgan fingerprint density at radius 3 is 2.06 bits per heavy atom. The van der Waals surface area contributed by atoms with Gasteiger partial charge in [0.2, 0.25) is 0 Å². The first-order chi connectivity index (χ1) is 8.08. The third-order valence-electron chi connectivity index (χ3n) is 2.07. The van der Waals surface area contributed by atoms with Crippen molar-refractivity contribution in [2.24, 2.45) is 0 Å². The zero-order chi connectivity index (χ0) is 14.0. The van der Waals surface area contributed by atoms with Crippen molar-refractivity contribution in [2.75, 3.05) is 6.16 Å². The van der Waals surface area contributed by atoms with E-state index in [0.29, 0.717) is 0 Å². The summed E-state index contributed by atoms with van der Waals surface area (Å²) in [6, 6.07) is 4.60. The van der Waals surface area contributed by atoms with Gasteiger partial charge in [0, 0.05) is 18.1 Å². The van der Waals surface area contributed by atoms with Crippen molar-refractivity contribution in [1.82, 2.24) is 4.98 Å². The summed E-state index contributed by atoms with van der Waals surface area (Å²) in [5.41, 5.74) is -4.95. The zero-order valence-corrected chi connectivity index (χ0v) is 11.4. The largest absolute Gasteiger partial charge is 0.357 e. The van der Waals surface area contributed by atoms with E-state index in [-0.39, 0.29) is 12.1 Å². The van der Waals surface area contributed by atoms with Crippen molar-refractivity contribution in [3.8, 4) is 0 Å². The molecule has 0 saturated heterocycles. The average molecular weight is 315 g/mol. The van der Waals surface area contributed by atoms with Crippen molar-refractivity contribution in [3.05, 3.63) is 30.1 Å². The number of pyridine rings is 1. The molecule has 0 aliphatic heterocycles. The molecule has 0 spiro atoms. The van der Waals surface area contributed by atoms with Crippen LogP contribution in [0.15, 0.2) is 24.4 Å². The van der Waals surface area contributed by atoms with E-state index >= 15 is 0 Å². The van der Waals surface area contributed by atoms with Crippen molar-refractivity contribution >= 4 is 25.0 Å². The molecule has 0 aliphatic carbocycles. The summed E-state index contributed by atoms with van der Waals surface area (Å²) < 4.78 is 72.5. The molecule has 1 aromatic heterocycles. The normalized spacial score (nSPS) is 13.4. The van der Waals surface area contributed by atoms with Gasteiger partial charge in [-0.1, -0.05) is 6.07 Å². The molecule has 1 rings (SSSR count). The van der Waals surface area contributed by atoms with Crippen molar-refractivity contribution in [2.45, 2.75) is 6.42 Å². The smallest absolute Gasteiger partial charge is 0.285 e. The van der Waals surface area contributed by atoms with E-state index in [2.05, 4.69) is 4.98 Å². The van der Waals surface area contributed by atoms with Crippen LogP contribution in [-0.2, 0) is 30.5 Å². The number of nitrogens with zero attached hydrogens (tertiary/aromatic N) is 1. The van der Waals surface area contributed by atoms with Gasteiger partial charge >= 0.3 is 25.0 Å². The van der Waals surface area contributed by atoms with Gasteiger partial charge in [-0.05, 0) is 18.6 Å². The molecule has 0 aromatic carbocycles. The van der Waals surface area contributed by atoms with Gasteiger partial charge in [-0.25, -0.2) is 0 Å². The van der Waals surface area contributed by atoms with E-state index < -0.39 is 31.2 Å². The molecule has 102 valence electrons. The molecule has 0 radical (unpaired) electrons. The van der Waals surface area contributed by atoms with E-state index in [9.17, 15) is 21.4 Å². The van der Waals surface area contributed by atoms with Crippen LogP contribution in [0.5, 0.6) is 0 Å². The number of hydrogen-bond acceptors (Lipinski definition) is 6. The van der Waals surface area contributed by atoms with Gasteiger partial charge < -0.3 is 0 Å². The van der Waals surface area contributed by atoms with Gasteiger partial charge in [-0.15, -0.1) is 0 Å². The average Bonchev–Trinajstić information content (AvgIpc) is 2.24. The summed E-state index contributed by atoms with van der Waals surface area (Å²) in [7, 11) is -10.8. The fourth-order valence-electron chi connectivity index (χ4n) is 1.15. The maximum absolute atomic E-state index is 11.7. The van der Waals surface area contributed by atoms with Crippen LogP contribution in [0, 0.1) is 0 Å². The molecule has 8 nitrogen and oxygen atoms in total. The third-order valence-corrected chi connectivity index (χ3v) is 13.0. The van der Waals surface area contributed by atoms with Crippen LogP contribution in [0.3, 0.4) is 0 Å². The molecule has 0 aliphatic rings. The molecular formula is C7H10NO7PS2. The Balaban J connectivity index is 3.08. The standard InChI is InChI=1S/C7H10NO7PS2/c9-16(17(10,11)12,18(13,14)15)6-4-7-3-1-2-5-8-7/h1-3,5H,4,6H2,(H,10,11,12)(H,13,14,15). The van der Waals surface area contributed by atoms with Crippen molar-refractivity contribution in [3.63, 3.8) is 0 Å². The molecule has 0 amide bonds. The Bertz CT molecular complexity index is 631. The number of aryl methyl sites for hydroxylation is 1. The molecule has 0 atom stereocenters. The fourth-order valence-corrected chi connectivity index (χ4v) is 7.14. The van der Waals surface area contributed by atoms with E-state index in [1.165, 1.54) is 12.3 Å². The topological polar surface area (TPSA) is 139 Å². The maximum atomic E-state index is 11.7. The molecule has 18 heavy (non-hydrogen) atoms. The van der Waals surface area contributed by atoms with Crippen LogP contribution >= 0.6 is 5.55 Å². The third kappa shape index (κ3) is 3.15. The monoisotopic (exact) mass is 315 g/mol. The first-order valence-electron chi connectivity index (χ1n) is 4.52. The van der Waals surface area contributed by atoms with Gasteiger partial charge in [-0.3, -0.25) is 18.7 Å². The van der Waals surface area contributed by atoms with Crippen molar-refractivity contribution in [1.29, 1.82) is 0 Å². The van der Waals surface area contributed by atoms with E-state index in [1.54, 1.807) is 12.1 Å². The quantitative estimate of drug-likeness (QED) is 0.594. The second-order valence-electron chi connectivity index (χ2n) is 3.30. The van der Waals surface area contributed by atoms with Crippen LogP contribution < -0.4 is 0 Å². The van der Waals surface area contributed by atoms with Gasteiger partial charge in [0.05, 0.1) is 0 Å². The summed E-state index contributed by atoms with van der Waals surface area (Å²) in [6.07, 6.45) is 0.153. The zero-order valence-electron chi connectivity index (χ0n) is 8.87. The minimum atomic E-state index is -5.40. The molecule has 1 heterocycles. The number of aromatic nitrogens is 1. The lowest BCUT2D eigenvalue weighted by Gasteiger charge is -2.10. The molecular weight excluding hydrogens is 305 g/mol. The van der Waals surface area contributed by atoms with Gasteiger partial charge in [-0.2, -0.15) is 16.8 Å². The lowest BCUT2D eigenvalue weighted by Crippen LogP contribution is -2.13. The van der Waals surface area contributed by atoms with Crippen LogP contribution in [0.25, 0.3) is 0 Å². The highest BCUT2D eigenvalue weighted by Gasteiger charge is 2.48. The van der Waals surface area contributed by atoms with Crippen LogP contribution in [-0.4, -0.2) is 37.1 Å². The maximum Gasteiger partial charge on any atom is 0.357 e. The molecule has 0 unspecified atom stereocenters. The molecule has 2 N–H and O–H groups in total. The minimum Gasteiger partial charge on any atom is -0.285 e. The predicted molar refractivity (Wildman–Crippen MR) is 63.5 cm³/mol. The Labute approximate surface area is 103 Å². The summed E-state index contributed by atoms with van der Waals surface area (Å²) >= 11 is 0. The molecule has 0 fully saturated rings. The van der Waals surface area contributed by atoms with E-state index in [4.69, 9.17) is 9.11 Å². The Kier molecular flexibility index (Phi) is 4.29. The highest BCUT2D eigenvalue weighted by Crippen LogP contribution is 2.56. The molecule has 0 saturated carbocycles. The molecule has 11 heteroatoms. The Hall–Kier alpha value is -0.800. The second kappa shape index (κ2) is 5.06. The molecule has 0 bridgehead atoms. The van der Waals surface area contributed by atoms with Crippen LogP contribution in [0.4, 0.5) is 0 Å². The molecule has 1 aromatic rings. The summed E-state index contributed by atoms with van der Waals surface area (Å²) in [4.78, 5) is 3.77. The van der Waals surface area contributed by atoms with Gasteiger partial charge in [0.15, 0.2) is 0 Å². The summed E-state index contributed by atoms with van der Waals surface area (Å²) in [5.74, 6) is 0. The Morgan fingerprint density at radius 2 is 1.67 bits per heavy atom. The summed E-state index contributed by atoms with van der Waals surface area (Å²) in [5, 5.41) is 0. The minimum absolute atomic E-state index is 0.280. The van der Waals surface area contributed by atoms with Crippen LogP contribution in [0.2, 0.25) is 0 Å². The van der Waals surface area contributed by atoms with Crippen molar-refractivity contribution < 1.29 is 30.5 Å². The second-order valence-corrected chi connectivity index (χ2v) is 13.8. The fraction of sp³-hybridized carbons (Fsp3) is 0.286. The van der Waals surface area contributed by atoms with Gasteiger partial charge in [0.1, 0.15) is 0 Å². The lowest BCUT2D eigenvalue weighted by atomic mass is 10.3.